The maximum atomic E-state index is 13.0. The highest BCUT2D eigenvalue weighted by Crippen LogP contribution is 2.53. The third-order valence-electron chi connectivity index (χ3n) is 9.52. The van der Waals surface area contributed by atoms with Crippen molar-refractivity contribution in [3.63, 3.8) is 0 Å². The van der Waals surface area contributed by atoms with E-state index in [-0.39, 0.29) is 25.7 Å². The van der Waals surface area contributed by atoms with Crippen LogP contribution in [-0.4, -0.2) is 104 Å². The summed E-state index contributed by atoms with van der Waals surface area (Å²) in [6.07, 6.45) is 2.21. The molecule has 2 saturated carbocycles. The number of pyridine rings is 1. The highest BCUT2D eigenvalue weighted by atomic mass is 35.5. The Bertz CT molecular complexity index is 1690. The fraction of sp³-hybridized carbons (Fsp3) is 0.500. The van der Waals surface area contributed by atoms with Gasteiger partial charge in [0.25, 0.3) is 0 Å². The summed E-state index contributed by atoms with van der Waals surface area (Å²) < 4.78 is 12.8. The number of halogens is 2. The lowest BCUT2D eigenvalue weighted by atomic mass is 9.96. The molecule has 2 fully saturated rings. The van der Waals surface area contributed by atoms with Crippen LogP contribution in [0.25, 0.3) is 11.1 Å². The summed E-state index contributed by atoms with van der Waals surface area (Å²) in [6, 6.07) is 13.7. The van der Waals surface area contributed by atoms with E-state index < -0.39 is 55.0 Å². The molecule has 4 atom stereocenters. The fourth-order valence-electron chi connectivity index (χ4n) is 6.06. The van der Waals surface area contributed by atoms with Crippen LogP contribution in [0, 0.1) is 0 Å². The van der Waals surface area contributed by atoms with Crippen LogP contribution in [0.1, 0.15) is 61.6 Å². The summed E-state index contributed by atoms with van der Waals surface area (Å²) in [4.78, 5) is 30.6. The Hall–Kier alpha value is -3.33. The quantitative estimate of drug-likeness (QED) is 0.0933. The predicted octanol–water partition coefficient (Wildman–Crippen LogP) is 3.53. The van der Waals surface area contributed by atoms with Crippen molar-refractivity contribution in [2.75, 3.05) is 26.7 Å². The number of carbonyl (C=O) groups excluding carboxylic acids is 2. The molecule has 0 spiro atoms. The number of hydrogen-bond acceptors (Lipinski definition) is 10. The van der Waals surface area contributed by atoms with Crippen LogP contribution < -0.4 is 10.1 Å². The molecule has 1 aromatic heterocycles. The van der Waals surface area contributed by atoms with Crippen molar-refractivity contribution in [3.8, 4) is 16.9 Å². The van der Waals surface area contributed by atoms with Crippen molar-refractivity contribution in [1.82, 2.24) is 15.2 Å². The van der Waals surface area contributed by atoms with E-state index >= 15 is 0 Å². The molecule has 0 saturated heterocycles. The number of carbonyl (C=O) groups is 2. The van der Waals surface area contributed by atoms with Crippen molar-refractivity contribution in [1.29, 1.82) is 0 Å². The zero-order valence-electron chi connectivity index (χ0n) is 29.1. The molecule has 14 heteroatoms. The van der Waals surface area contributed by atoms with Gasteiger partial charge in [0.1, 0.15) is 30.2 Å². The number of aliphatic hydroxyl groups excluding tert-OH is 5. The van der Waals surface area contributed by atoms with E-state index in [1.807, 2.05) is 42.6 Å². The Morgan fingerprint density at radius 1 is 0.981 bits per heavy atom. The second-order valence-corrected chi connectivity index (χ2v) is 14.3. The van der Waals surface area contributed by atoms with Gasteiger partial charge in [0, 0.05) is 53.6 Å². The number of amides is 2. The van der Waals surface area contributed by atoms with Gasteiger partial charge in [0.15, 0.2) is 0 Å². The lowest BCUT2D eigenvalue weighted by molar-refractivity contribution is -0.143. The molecule has 5 rings (SSSR count). The number of para-hydroxylation sites is 1. The van der Waals surface area contributed by atoms with Gasteiger partial charge in [-0.05, 0) is 85.9 Å². The second-order valence-electron chi connectivity index (χ2n) is 13.5. The van der Waals surface area contributed by atoms with Crippen LogP contribution in [0.3, 0.4) is 0 Å². The third kappa shape index (κ3) is 10.2. The molecule has 12 nitrogen and oxygen atoms in total. The van der Waals surface area contributed by atoms with Gasteiger partial charge < -0.3 is 45.2 Å². The van der Waals surface area contributed by atoms with Crippen LogP contribution in [0.4, 0.5) is 0 Å². The molecule has 2 aromatic carbocycles. The maximum absolute atomic E-state index is 13.0. The van der Waals surface area contributed by atoms with Gasteiger partial charge in [-0.2, -0.15) is 0 Å². The number of hydrogen-bond donors (Lipinski definition) is 6. The molecule has 0 aliphatic heterocycles. The number of aromatic nitrogens is 1. The van der Waals surface area contributed by atoms with Crippen molar-refractivity contribution < 1.29 is 44.6 Å². The standard InChI is InChI=1S/C38H47Cl2N3O9/c1-41-34(47)20-43(19-31(45)36(49)37(50)32(46)21-44)35(48)9-5-2-6-23-16-30(40)24(17-29(23)39)22-51-38(13-14-38)28-18-42-15-12-26(28)27-7-3-4-8-33(27)52-25-10-11-25/h3-4,7-8,12,15-18,25,31-32,36-37,44-46,49-50H,2,5-6,9-11,13-14,19-22H2,1H3,(H,41,47)/t31-,32+,36+,37+/m0/s1. The predicted molar refractivity (Wildman–Crippen MR) is 195 cm³/mol. The summed E-state index contributed by atoms with van der Waals surface area (Å²) in [5.41, 5.74) is 4.11. The van der Waals surface area contributed by atoms with E-state index in [2.05, 4.69) is 16.4 Å². The molecule has 2 amide bonds. The zero-order valence-corrected chi connectivity index (χ0v) is 30.6. The summed E-state index contributed by atoms with van der Waals surface area (Å²) in [7, 11) is 1.40. The first-order valence-corrected chi connectivity index (χ1v) is 18.3. The molecule has 6 N–H and O–H groups in total. The fourth-order valence-corrected chi connectivity index (χ4v) is 6.58. The smallest absolute Gasteiger partial charge is 0.239 e. The largest absolute Gasteiger partial charge is 0.490 e. The normalized spacial score (nSPS) is 17.2. The van der Waals surface area contributed by atoms with Crippen molar-refractivity contribution >= 4 is 35.0 Å². The number of unbranched alkanes of at least 4 members (excludes halogenated alkanes) is 1. The van der Waals surface area contributed by atoms with Crippen molar-refractivity contribution in [2.45, 2.75) is 94.1 Å². The Labute approximate surface area is 313 Å². The van der Waals surface area contributed by atoms with E-state index in [1.165, 1.54) is 7.05 Å². The minimum absolute atomic E-state index is 0.0362. The SMILES string of the molecule is CNC(=O)CN(C[C@H](O)[C@@H](O)[C@H](O)[C@H](O)CO)C(=O)CCCCc1cc(Cl)c(COC2(c3cnccc3-c3ccccc3OC3CC3)CC2)cc1Cl. The number of rotatable bonds is 20. The molecule has 0 unspecified atom stereocenters. The summed E-state index contributed by atoms with van der Waals surface area (Å²) in [6.45, 7) is -1.44. The number of nitrogens with one attached hydrogen (secondary N) is 1. The number of likely N-dealkylation sites (N-methyl/N-ethyl adjacent to an activating group) is 1. The molecule has 2 aliphatic carbocycles. The van der Waals surface area contributed by atoms with Gasteiger partial charge in [-0.3, -0.25) is 14.6 Å². The molecular weight excluding hydrogens is 713 g/mol. The van der Waals surface area contributed by atoms with Crippen LogP contribution in [0.5, 0.6) is 5.75 Å². The maximum Gasteiger partial charge on any atom is 0.239 e. The van der Waals surface area contributed by atoms with Gasteiger partial charge in [-0.1, -0.05) is 41.4 Å². The Morgan fingerprint density at radius 2 is 1.67 bits per heavy atom. The van der Waals surface area contributed by atoms with E-state index in [9.17, 15) is 30.0 Å². The lowest BCUT2D eigenvalue weighted by Gasteiger charge is -2.30. The molecular formula is C38H47Cl2N3O9. The topological polar surface area (TPSA) is 182 Å². The molecule has 0 bridgehead atoms. The Morgan fingerprint density at radius 3 is 2.37 bits per heavy atom. The van der Waals surface area contributed by atoms with Crippen molar-refractivity contribution in [3.05, 3.63) is 81.6 Å². The van der Waals surface area contributed by atoms with Crippen molar-refractivity contribution in [2.24, 2.45) is 0 Å². The average Bonchev–Trinajstić information content (AvgIpc) is 4.10. The van der Waals surface area contributed by atoms with Gasteiger partial charge in [0.05, 0.1) is 31.5 Å². The third-order valence-corrected chi connectivity index (χ3v) is 10.2. The van der Waals surface area contributed by atoms with Gasteiger partial charge in [-0.15, -0.1) is 0 Å². The monoisotopic (exact) mass is 759 g/mol. The minimum atomic E-state index is -1.86. The van der Waals surface area contributed by atoms with Crippen LogP contribution in [0.2, 0.25) is 10.0 Å². The summed E-state index contributed by atoms with van der Waals surface area (Å²) >= 11 is 13.4. The molecule has 0 radical (unpaired) electrons. The Kier molecular flexibility index (Phi) is 13.9. The molecule has 1 heterocycles. The number of benzene rings is 2. The number of nitrogens with zero attached hydrogens (tertiary/aromatic N) is 2. The van der Waals surface area contributed by atoms with Gasteiger partial charge in [0.2, 0.25) is 11.8 Å². The first kappa shape index (κ1) is 39.9. The Balaban J connectivity index is 1.16. The average molecular weight is 761 g/mol. The minimum Gasteiger partial charge on any atom is -0.490 e. The van der Waals surface area contributed by atoms with E-state index in [0.29, 0.717) is 29.3 Å². The molecule has 52 heavy (non-hydrogen) atoms. The number of ether oxygens (including phenoxy) is 2. The van der Waals surface area contributed by atoms with Crippen LogP contribution >= 0.6 is 23.2 Å². The van der Waals surface area contributed by atoms with Crippen LogP contribution in [0.15, 0.2) is 54.9 Å². The highest BCUT2D eigenvalue weighted by Gasteiger charge is 2.48. The van der Waals surface area contributed by atoms with Gasteiger partial charge >= 0.3 is 0 Å². The molecule has 282 valence electrons. The summed E-state index contributed by atoms with van der Waals surface area (Å²) in [5, 5.41) is 52.6. The van der Waals surface area contributed by atoms with E-state index in [1.54, 1.807) is 6.20 Å². The number of aryl methyl sites for hydroxylation is 1. The summed E-state index contributed by atoms with van der Waals surface area (Å²) in [5.74, 6) is -0.0856. The molecule has 2 aliphatic rings. The van der Waals surface area contributed by atoms with Crippen LogP contribution in [-0.2, 0) is 33.0 Å². The highest BCUT2D eigenvalue weighted by molar-refractivity contribution is 6.34. The number of aliphatic hydroxyl groups is 5. The second kappa shape index (κ2) is 18.1. The molecule has 3 aromatic rings. The van der Waals surface area contributed by atoms with Gasteiger partial charge in [-0.25, -0.2) is 0 Å². The first-order chi connectivity index (χ1) is 25.0. The lowest BCUT2D eigenvalue weighted by Crippen LogP contribution is -2.52. The van der Waals surface area contributed by atoms with E-state index in [4.69, 9.17) is 37.8 Å². The first-order valence-electron chi connectivity index (χ1n) is 17.6. The zero-order chi connectivity index (χ0) is 37.4. The van der Waals surface area contributed by atoms with E-state index in [0.717, 1.165) is 64.1 Å².